The van der Waals surface area contributed by atoms with Crippen molar-refractivity contribution in [3.8, 4) is 0 Å². The van der Waals surface area contributed by atoms with Crippen molar-refractivity contribution >= 4 is 15.9 Å². The monoisotopic (exact) mass is 326 g/mol. The lowest BCUT2D eigenvalue weighted by atomic mass is 10.1. The molecule has 0 saturated carbocycles. The van der Waals surface area contributed by atoms with Gasteiger partial charge in [0.2, 0.25) is 0 Å². The third kappa shape index (κ3) is 4.96. The number of alkyl halides is 3. The Bertz CT molecular complexity index is 411. The topological polar surface area (TPSA) is 29.5 Å². The SMILES string of the molecule is CC(C)(O)COCc1cc(C(F)(F)F)ccc1Br. The van der Waals surface area contributed by atoms with E-state index in [-0.39, 0.29) is 13.2 Å². The van der Waals surface area contributed by atoms with Crippen LogP contribution in [0.1, 0.15) is 25.0 Å². The highest BCUT2D eigenvalue weighted by atomic mass is 79.9. The van der Waals surface area contributed by atoms with Crippen LogP contribution in [0.4, 0.5) is 13.2 Å². The van der Waals surface area contributed by atoms with Gasteiger partial charge in [0.05, 0.1) is 24.4 Å². The van der Waals surface area contributed by atoms with E-state index in [1.54, 1.807) is 13.8 Å². The molecular weight excluding hydrogens is 313 g/mol. The minimum absolute atomic E-state index is 0.00843. The molecule has 0 fully saturated rings. The largest absolute Gasteiger partial charge is 0.416 e. The van der Waals surface area contributed by atoms with Gasteiger partial charge >= 0.3 is 6.18 Å². The number of halogens is 4. The summed E-state index contributed by atoms with van der Waals surface area (Å²) >= 11 is 3.17. The summed E-state index contributed by atoms with van der Waals surface area (Å²) in [6.07, 6.45) is -4.37. The first-order valence-corrected chi connectivity index (χ1v) is 6.05. The van der Waals surface area contributed by atoms with E-state index in [2.05, 4.69) is 15.9 Å². The molecule has 0 aromatic heterocycles. The van der Waals surface area contributed by atoms with Crippen LogP contribution in [0.25, 0.3) is 0 Å². The third-order valence-corrected chi connectivity index (χ3v) is 2.86. The smallest absolute Gasteiger partial charge is 0.388 e. The van der Waals surface area contributed by atoms with Gasteiger partial charge < -0.3 is 9.84 Å². The summed E-state index contributed by atoms with van der Waals surface area (Å²) in [5.74, 6) is 0. The van der Waals surface area contributed by atoms with E-state index in [0.29, 0.717) is 10.0 Å². The van der Waals surface area contributed by atoms with Gasteiger partial charge in [-0.2, -0.15) is 13.2 Å². The van der Waals surface area contributed by atoms with Crippen LogP contribution in [0.5, 0.6) is 0 Å². The zero-order chi connectivity index (χ0) is 14.0. The molecule has 0 aliphatic carbocycles. The zero-order valence-corrected chi connectivity index (χ0v) is 11.6. The van der Waals surface area contributed by atoms with Crippen molar-refractivity contribution in [1.82, 2.24) is 0 Å². The van der Waals surface area contributed by atoms with Crippen molar-refractivity contribution in [2.45, 2.75) is 32.2 Å². The fraction of sp³-hybridized carbons (Fsp3) is 0.500. The molecule has 2 nitrogen and oxygen atoms in total. The summed E-state index contributed by atoms with van der Waals surface area (Å²) < 4.78 is 43.3. The maximum absolute atomic E-state index is 12.5. The number of ether oxygens (including phenoxy) is 1. The van der Waals surface area contributed by atoms with Gasteiger partial charge in [0.1, 0.15) is 0 Å². The first kappa shape index (κ1) is 15.5. The summed E-state index contributed by atoms with van der Waals surface area (Å²) in [5, 5.41) is 9.43. The minimum Gasteiger partial charge on any atom is -0.388 e. The van der Waals surface area contributed by atoms with E-state index in [9.17, 15) is 18.3 Å². The summed E-state index contributed by atoms with van der Waals surface area (Å²) in [6.45, 7) is 3.19. The van der Waals surface area contributed by atoms with Crippen molar-refractivity contribution in [2.75, 3.05) is 6.61 Å². The highest BCUT2D eigenvalue weighted by molar-refractivity contribution is 9.10. The molecule has 0 aliphatic heterocycles. The lowest BCUT2D eigenvalue weighted by Crippen LogP contribution is -2.25. The van der Waals surface area contributed by atoms with Crippen LogP contribution in [0, 0.1) is 0 Å². The van der Waals surface area contributed by atoms with Crippen LogP contribution in [0.15, 0.2) is 22.7 Å². The third-order valence-electron chi connectivity index (χ3n) is 2.09. The van der Waals surface area contributed by atoms with E-state index in [1.807, 2.05) is 0 Å². The maximum atomic E-state index is 12.5. The molecule has 0 unspecified atom stereocenters. The number of rotatable bonds is 4. The summed E-state index contributed by atoms with van der Waals surface area (Å²) in [6, 6.07) is 3.38. The van der Waals surface area contributed by atoms with Gasteiger partial charge in [0.25, 0.3) is 0 Å². The standard InChI is InChI=1S/C12H14BrF3O2/c1-11(2,17)7-18-6-8-5-9(12(14,15)16)3-4-10(8)13/h3-5,17H,6-7H2,1-2H3. The van der Waals surface area contributed by atoms with Crippen LogP contribution in [-0.4, -0.2) is 17.3 Å². The van der Waals surface area contributed by atoms with Crippen LogP contribution in [0.3, 0.4) is 0 Å². The maximum Gasteiger partial charge on any atom is 0.416 e. The molecule has 1 aromatic rings. The van der Waals surface area contributed by atoms with E-state index in [4.69, 9.17) is 4.74 Å². The van der Waals surface area contributed by atoms with Gasteiger partial charge in [-0.1, -0.05) is 15.9 Å². The van der Waals surface area contributed by atoms with E-state index >= 15 is 0 Å². The van der Waals surface area contributed by atoms with Crippen molar-refractivity contribution in [1.29, 1.82) is 0 Å². The normalized spacial score (nSPS) is 12.8. The molecular formula is C12H14BrF3O2. The average Bonchev–Trinajstić information content (AvgIpc) is 2.17. The molecule has 0 aliphatic rings. The van der Waals surface area contributed by atoms with E-state index in [0.717, 1.165) is 12.1 Å². The van der Waals surface area contributed by atoms with Gasteiger partial charge in [-0.25, -0.2) is 0 Å². The lowest BCUT2D eigenvalue weighted by molar-refractivity contribution is -0.137. The Labute approximate surface area is 112 Å². The molecule has 102 valence electrons. The highest BCUT2D eigenvalue weighted by Crippen LogP contribution is 2.32. The average molecular weight is 327 g/mol. The van der Waals surface area contributed by atoms with Gasteiger partial charge in [0.15, 0.2) is 0 Å². The first-order chi connectivity index (χ1) is 8.09. The Morgan fingerprint density at radius 1 is 1.28 bits per heavy atom. The molecule has 1 N–H and O–H groups in total. The van der Waals surface area contributed by atoms with E-state index < -0.39 is 17.3 Å². The summed E-state index contributed by atoms with van der Waals surface area (Å²) in [7, 11) is 0. The second kappa shape index (κ2) is 5.59. The molecule has 6 heteroatoms. The Morgan fingerprint density at radius 3 is 2.39 bits per heavy atom. The second-order valence-corrected chi connectivity index (χ2v) is 5.46. The molecule has 1 aromatic carbocycles. The summed E-state index contributed by atoms with van der Waals surface area (Å²) in [5.41, 5.74) is -1.32. The van der Waals surface area contributed by atoms with Crippen LogP contribution in [0.2, 0.25) is 0 Å². The molecule has 0 atom stereocenters. The fourth-order valence-electron chi connectivity index (χ4n) is 1.27. The number of benzene rings is 1. The number of hydrogen-bond donors (Lipinski definition) is 1. The Hall–Kier alpha value is -0.590. The second-order valence-electron chi connectivity index (χ2n) is 4.61. The Balaban J connectivity index is 2.76. The van der Waals surface area contributed by atoms with E-state index in [1.165, 1.54) is 6.07 Å². The van der Waals surface area contributed by atoms with Crippen LogP contribution < -0.4 is 0 Å². The van der Waals surface area contributed by atoms with Crippen molar-refractivity contribution in [2.24, 2.45) is 0 Å². The van der Waals surface area contributed by atoms with Crippen molar-refractivity contribution in [3.63, 3.8) is 0 Å². The van der Waals surface area contributed by atoms with Gasteiger partial charge in [-0.15, -0.1) is 0 Å². The van der Waals surface area contributed by atoms with Gasteiger partial charge in [0, 0.05) is 4.47 Å². The minimum atomic E-state index is -4.37. The quantitative estimate of drug-likeness (QED) is 0.913. The molecule has 0 bridgehead atoms. The molecule has 0 amide bonds. The molecule has 0 heterocycles. The van der Waals surface area contributed by atoms with Crippen molar-refractivity contribution in [3.05, 3.63) is 33.8 Å². The van der Waals surface area contributed by atoms with Crippen LogP contribution >= 0.6 is 15.9 Å². The molecule has 18 heavy (non-hydrogen) atoms. The lowest BCUT2D eigenvalue weighted by Gasteiger charge is -2.17. The Kier molecular flexibility index (Phi) is 4.80. The molecule has 0 radical (unpaired) electrons. The van der Waals surface area contributed by atoms with Crippen LogP contribution in [-0.2, 0) is 17.5 Å². The molecule has 0 spiro atoms. The Morgan fingerprint density at radius 2 is 1.89 bits per heavy atom. The number of hydrogen-bond acceptors (Lipinski definition) is 2. The van der Waals surface area contributed by atoms with Gasteiger partial charge in [-0.3, -0.25) is 0 Å². The highest BCUT2D eigenvalue weighted by Gasteiger charge is 2.30. The van der Waals surface area contributed by atoms with Crippen molar-refractivity contribution < 1.29 is 23.0 Å². The predicted octanol–water partition coefficient (Wildman–Crippen LogP) is 3.76. The first-order valence-electron chi connectivity index (χ1n) is 5.25. The van der Waals surface area contributed by atoms with Gasteiger partial charge in [-0.05, 0) is 37.6 Å². The number of aliphatic hydroxyl groups is 1. The molecule has 1 rings (SSSR count). The zero-order valence-electron chi connectivity index (χ0n) is 10.0. The summed E-state index contributed by atoms with van der Waals surface area (Å²) in [4.78, 5) is 0. The fourth-order valence-corrected chi connectivity index (χ4v) is 1.63. The molecule has 0 saturated heterocycles. The predicted molar refractivity (Wildman–Crippen MR) is 65.1 cm³/mol.